The number of carbonyl (C=O) groups is 1. The number of hydrogen-bond acceptors (Lipinski definition) is 3. The second-order valence-corrected chi connectivity index (χ2v) is 5.37. The number of fused-ring (bicyclic) bond motifs is 1. The molecule has 5 nitrogen and oxygen atoms in total. The highest BCUT2D eigenvalue weighted by Crippen LogP contribution is 2.34. The smallest absolute Gasteiger partial charge is 0.417 e. The van der Waals surface area contributed by atoms with Gasteiger partial charge in [0.25, 0.3) is 11.5 Å². The first-order valence-corrected chi connectivity index (χ1v) is 7.20. The predicted molar refractivity (Wildman–Crippen MR) is 85.6 cm³/mol. The summed E-state index contributed by atoms with van der Waals surface area (Å²) in [6, 6.07) is 7.64. The Hall–Kier alpha value is -3.36. The molecular formula is C17H10F4N2O3. The molecule has 0 fully saturated rings. The van der Waals surface area contributed by atoms with Crippen LogP contribution in [0.2, 0.25) is 0 Å². The van der Waals surface area contributed by atoms with Gasteiger partial charge >= 0.3 is 6.18 Å². The molecule has 0 unspecified atom stereocenters. The Bertz CT molecular complexity index is 1070. The van der Waals surface area contributed by atoms with Crippen molar-refractivity contribution < 1.29 is 27.5 Å². The molecule has 3 aromatic rings. The number of anilines is 1. The lowest BCUT2D eigenvalue weighted by Gasteiger charge is -2.13. The van der Waals surface area contributed by atoms with Gasteiger partial charge in [0.2, 0.25) is 0 Å². The van der Waals surface area contributed by atoms with Crippen LogP contribution in [0, 0.1) is 5.82 Å². The number of hydrogen-bond donors (Lipinski definition) is 3. The molecule has 9 heteroatoms. The van der Waals surface area contributed by atoms with Crippen molar-refractivity contribution in [1.82, 2.24) is 4.98 Å². The van der Waals surface area contributed by atoms with E-state index in [1.54, 1.807) is 12.1 Å². The zero-order valence-electron chi connectivity index (χ0n) is 12.8. The number of nitrogens with one attached hydrogen (secondary N) is 2. The van der Waals surface area contributed by atoms with Crippen LogP contribution in [0.4, 0.5) is 23.2 Å². The fraction of sp³-hybridized carbons (Fsp3) is 0.0588. The van der Waals surface area contributed by atoms with Crippen molar-refractivity contribution in [3.8, 4) is 5.75 Å². The Morgan fingerprint density at radius 3 is 2.50 bits per heavy atom. The molecule has 3 rings (SSSR count). The highest BCUT2D eigenvalue weighted by atomic mass is 19.4. The summed E-state index contributed by atoms with van der Waals surface area (Å²) < 4.78 is 52.2. The number of aromatic nitrogens is 1. The molecule has 0 bridgehead atoms. The SMILES string of the molecule is O=C(Nc1c(O)c2ccccc2[nH]c1=O)c1ccc(F)cc1C(F)(F)F. The number of benzene rings is 2. The van der Waals surface area contributed by atoms with E-state index in [9.17, 15) is 32.3 Å². The number of amides is 1. The monoisotopic (exact) mass is 366 g/mol. The van der Waals surface area contributed by atoms with Gasteiger partial charge in [0.1, 0.15) is 5.82 Å². The van der Waals surface area contributed by atoms with Crippen molar-refractivity contribution in [2.75, 3.05) is 5.32 Å². The molecule has 0 aliphatic carbocycles. The van der Waals surface area contributed by atoms with Crippen molar-refractivity contribution in [2.24, 2.45) is 0 Å². The number of rotatable bonds is 2. The van der Waals surface area contributed by atoms with E-state index in [-0.39, 0.29) is 17.0 Å². The molecule has 1 aromatic heterocycles. The van der Waals surface area contributed by atoms with Crippen molar-refractivity contribution in [2.45, 2.75) is 6.18 Å². The number of aromatic hydroxyl groups is 1. The zero-order chi connectivity index (χ0) is 19.1. The highest BCUT2D eigenvalue weighted by Gasteiger charge is 2.36. The number of halogens is 4. The summed E-state index contributed by atoms with van der Waals surface area (Å²) in [6.07, 6.45) is -4.98. The number of para-hydroxylation sites is 1. The van der Waals surface area contributed by atoms with Gasteiger partial charge in [0.05, 0.1) is 16.6 Å². The lowest BCUT2D eigenvalue weighted by molar-refractivity contribution is -0.138. The van der Waals surface area contributed by atoms with Crippen LogP contribution in [-0.2, 0) is 6.18 Å². The number of carbonyl (C=O) groups excluding carboxylic acids is 1. The second-order valence-electron chi connectivity index (χ2n) is 5.37. The van der Waals surface area contributed by atoms with Gasteiger partial charge < -0.3 is 15.4 Å². The molecule has 0 aliphatic rings. The molecule has 0 saturated carbocycles. The number of aromatic amines is 1. The van der Waals surface area contributed by atoms with Gasteiger partial charge in [-0.15, -0.1) is 0 Å². The van der Waals surface area contributed by atoms with Gasteiger partial charge in [-0.05, 0) is 30.3 Å². The van der Waals surface area contributed by atoms with Gasteiger partial charge in [-0.2, -0.15) is 13.2 Å². The van der Waals surface area contributed by atoms with Crippen molar-refractivity contribution in [3.05, 3.63) is 69.8 Å². The maximum absolute atomic E-state index is 13.1. The summed E-state index contributed by atoms with van der Waals surface area (Å²) in [6.45, 7) is 0. The maximum Gasteiger partial charge on any atom is 0.417 e. The number of H-pyrrole nitrogens is 1. The third-order valence-electron chi connectivity index (χ3n) is 3.66. The Balaban J connectivity index is 2.07. The largest absolute Gasteiger partial charge is 0.505 e. The van der Waals surface area contributed by atoms with Gasteiger partial charge in [0, 0.05) is 5.39 Å². The van der Waals surface area contributed by atoms with E-state index < -0.39 is 46.0 Å². The van der Waals surface area contributed by atoms with Crippen LogP contribution in [-0.4, -0.2) is 16.0 Å². The van der Waals surface area contributed by atoms with Crippen LogP contribution in [0.1, 0.15) is 15.9 Å². The van der Waals surface area contributed by atoms with Gasteiger partial charge in [0.15, 0.2) is 11.4 Å². The topological polar surface area (TPSA) is 82.2 Å². The third kappa shape index (κ3) is 3.10. The number of pyridine rings is 1. The molecule has 0 radical (unpaired) electrons. The molecule has 134 valence electrons. The first-order valence-electron chi connectivity index (χ1n) is 7.20. The van der Waals surface area contributed by atoms with E-state index in [2.05, 4.69) is 4.98 Å². The summed E-state index contributed by atoms with van der Waals surface area (Å²) in [5, 5.41) is 12.3. The predicted octanol–water partition coefficient (Wildman–Crippen LogP) is 3.64. The minimum atomic E-state index is -4.98. The summed E-state index contributed by atoms with van der Waals surface area (Å²) in [5.41, 5.74) is -3.60. The second kappa shape index (κ2) is 6.17. The van der Waals surface area contributed by atoms with E-state index in [0.717, 1.165) is 0 Å². The summed E-state index contributed by atoms with van der Waals surface area (Å²) in [7, 11) is 0. The number of alkyl halides is 3. The van der Waals surface area contributed by atoms with E-state index in [4.69, 9.17) is 0 Å². The van der Waals surface area contributed by atoms with Crippen molar-refractivity contribution in [1.29, 1.82) is 0 Å². The van der Waals surface area contributed by atoms with Crippen LogP contribution in [0.5, 0.6) is 5.75 Å². The zero-order valence-corrected chi connectivity index (χ0v) is 12.8. The van der Waals surface area contributed by atoms with Crippen LogP contribution >= 0.6 is 0 Å². The minimum Gasteiger partial charge on any atom is -0.505 e. The molecule has 0 aliphatic heterocycles. The molecular weight excluding hydrogens is 356 g/mol. The molecule has 0 spiro atoms. The molecule has 3 N–H and O–H groups in total. The van der Waals surface area contributed by atoms with Crippen LogP contribution in [0.25, 0.3) is 10.9 Å². The Kier molecular flexibility index (Phi) is 4.15. The molecule has 2 aromatic carbocycles. The Labute approximate surface area is 142 Å². The van der Waals surface area contributed by atoms with Crippen molar-refractivity contribution >= 4 is 22.5 Å². The van der Waals surface area contributed by atoms with E-state index in [1.165, 1.54) is 12.1 Å². The van der Waals surface area contributed by atoms with Gasteiger partial charge in [-0.1, -0.05) is 12.1 Å². The van der Waals surface area contributed by atoms with Gasteiger partial charge in [-0.25, -0.2) is 4.39 Å². The summed E-state index contributed by atoms with van der Waals surface area (Å²) >= 11 is 0. The Morgan fingerprint density at radius 2 is 1.81 bits per heavy atom. The summed E-state index contributed by atoms with van der Waals surface area (Å²) in [4.78, 5) is 26.7. The van der Waals surface area contributed by atoms with E-state index in [0.29, 0.717) is 12.1 Å². The molecule has 0 atom stereocenters. The first-order chi connectivity index (χ1) is 12.2. The highest BCUT2D eigenvalue weighted by molar-refractivity contribution is 6.07. The maximum atomic E-state index is 13.1. The average Bonchev–Trinajstić information content (AvgIpc) is 2.57. The summed E-state index contributed by atoms with van der Waals surface area (Å²) in [5.74, 6) is -3.07. The molecule has 1 heterocycles. The molecule has 0 saturated heterocycles. The quantitative estimate of drug-likeness (QED) is 0.606. The average molecular weight is 366 g/mol. The third-order valence-corrected chi connectivity index (χ3v) is 3.66. The standard InChI is InChI=1S/C17H10F4N2O3/c18-8-5-6-9(11(7-8)17(19,20)21)15(25)23-13-14(24)10-3-1-2-4-12(10)22-16(13)26/h1-7H,(H,23,25)(H2,22,24,26). The molecule has 26 heavy (non-hydrogen) atoms. The fourth-order valence-electron chi connectivity index (χ4n) is 2.47. The molecule has 1 amide bonds. The first kappa shape index (κ1) is 17.5. The van der Waals surface area contributed by atoms with Crippen LogP contribution < -0.4 is 10.9 Å². The van der Waals surface area contributed by atoms with Crippen LogP contribution in [0.15, 0.2) is 47.3 Å². The Morgan fingerprint density at radius 1 is 1.12 bits per heavy atom. The normalized spacial score (nSPS) is 11.5. The lowest BCUT2D eigenvalue weighted by Crippen LogP contribution is -2.23. The fourth-order valence-corrected chi connectivity index (χ4v) is 2.47. The van der Waals surface area contributed by atoms with E-state index in [1.807, 2.05) is 5.32 Å². The van der Waals surface area contributed by atoms with E-state index >= 15 is 0 Å². The lowest BCUT2D eigenvalue weighted by atomic mass is 10.1. The van der Waals surface area contributed by atoms with Crippen molar-refractivity contribution in [3.63, 3.8) is 0 Å². The van der Waals surface area contributed by atoms with Crippen LogP contribution in [0.3, 0.4) is 0 Å². The van der Waals surface area contributed by atoms with Gasteiger partial charge in [-0.3, -0.25) is 9.59 Å². The minimum absolute atomic E-state index is 0.180.